The van der Waals surface area contributed by atoms with Crippen LogP contribution in [0.4, 0.5) is 23.1 Å². The van der Waals surface area contributed by atoms with Gasteiger partial charge in [-0.05, 0) is 55.7 Å². The Labute approximate surface area is 264 Å². The first-order chi connectivity index (χ1) is 21.3. The Bertz CT molecular complexity index is 1840. The fraction of sp³-hybridized carbons (Fsp3) is 0.433. The Balaban J connectivity index is 1.16. The number of amides is 1. The van der Waals surface area contributed by atoms with Gasteiger partial charge in [0.25, 0.3) is 5.91 Å². The molecule has 0 spiro atoms. The highest BCUT2D eigenvalue weighted by Crippen LogP contribution is 2.34. The first kappa shape index (κ1) is 31.2. The molecule has 1 atom stereocenters. The number of para-hydroxylation sites is 1. The fourth-order valence-electron chi connectivity index (χ4n) is 6.12. The maximum absolute atomic E-state index is 13.7. The zero-order chi connectivity index (χ0) is 32.1. The third-order valence-corrected chi connectivity index (χ3v) is 11.8. The topological polar surface area (TPSA) is 153 Å². The Morgan fingerprint density at radius 3 is 2.36 bits per heavy atom. The van der Waals surface area contributed by atoms with Gasteiger partial charge in [-0.1, -0.05) is 12.1 Å². The minimum atomic E-state index is -3.78. The summed E-state index contributed by atoms with van der Waals surface area (Å²) < 4.78 is 54.4. The van der Waals surface area contributed by atoms with Crippen LogP contribution in [0.5, 0.6) is 0 Å². The second kappa shape index (κ2) is 11.9. The highest BCUT2D eigenvalue weighted by atomic mass is 32.2. The van der Waals surface area contributed by atoms with Gasteiger partial charge in [-0.3, -0.25) is 9.10 Å². The summed E-state index contributed by atoms with van der Waals surface area (Å²) >= 11 is 0. The first-order valence-corrected chi connectivity index (χ1v) is 18.2. The summed E-state index contributed by atoms with van der Waals surface area (Å²) in [6.07, 6.45) is 2.49. The van der Waals surface area contributed by atoms with Crippen molar-refractivity contribution in [1.29, 1.82) is 0 Å². The van der Waals surface area contributed by atoms with Crippen LogP contribution in [0.1, 0.15) is 28.0 Å². The van der Waals surface area contributed by atoms with E-state index in [1.54, 1.807) is 41.3 Å². The molecule has 3 aromatic rings. The SMILES string of the molecule is Cc1cc(N2CC[C@@H](N)C2)nc(N2CCN(S(=O)(=O)c3ccc4c(c3)CCN4C(=O)c3ccccc3N(C)S(C)(=O)=O)CC2)n1. The number of carbonyl (C=O) groups excluding carboxylic acids is 1. The minimum Gasteiger partial charge on any atom is -0.355 e. The third-order valence-electron chi connectivity index (χ3n) is 8.70. The van der Waals surface area contributed by atoms with Gasteiger partial charge in [-0.15, -0.1) is 0 Å². The Kier molecular flexibility index (Phi) is 8.22. The van der Waals surface area contributed by atoms with Gasteiger partial charge in [-0.25, -0.2) is 21.8 Å². The van der Waals surface area contributed by atoms with Gasteiger partial charge < -0.3 is 20.4 Å². The number of hydrogen-bond donors (Lipinski definition) is 1. The van der Waals surface area contributed by atoms with Crippen molar-refractivity contribution in [2.75, 3.05) is 78.1 Å². The molecule has 2 N–H and O–H groups in total. The summed E-state index contributed by atoms with van der Waals surface area (Å²) in [4.78, 5) is 29.0. The van der Waals surface area contributed by atoms with Crippen molar-refractivity contribution < 1.29 is 21.6 Å². The normalized spacial score (nSPS) is 19.2. The lowest BCUT2D eigenvalue weighted by Crippen LogP contribution is -2.49. The number of aryl methyl sites for hydroxylation is 1. The largest absolute Gasteiger partial charge is 0.355 e. The van der Waals surface area contributed by atoms with Crippen LogP contribution in [0.3, 0.4) is 0 Å². The molecule has 1 amide bonds. The molecule has 2 fully saturated rings. The van der Waals surface area contributed by atoms with Crippen LogP contribution in [0, 0.1) is 6.92 Å². The number of nitrogens with zero attached hydrogens (tertiary/aromatic N) is 7. The minimum absolute atomic E-state index is 0.130. The number of sulfonamides is 2. The van der Waals surface area contributed by atoms with Gasteiger partial charge in [0.1, 0.15) is 5.82 Å². The Morgan fingerprint density at radius 1 is 0.933 bits per heavy atom. The van der Waals surface area contributed by atoms with Crippen molar-refractivity contribution in [1.82, 2.24) is 14.3 Å². The van der Waals surface area contributed by atoms with Gasteiger partial charge in [0.2, 0.25) is 26.0 Å². The number of aromatic nitrogens is 2. The van der Waals surface area contributed by atoms with Crippen LogP contribution >= 0.6 is 0 Å². The zero-order valence-electron chi connectivity index (χ0n) is 25.6. The van der Waals surface area contributed by atoms with Crippen molar-refractivity contribution in [3.05, 3.63) is 65.4 Å². The highest BCUT2D eigenvalue weighted by Gasteiger charge is 2.33. The molecule has 1 aromatic heterocycles. The smallest absolute Gasteiger partial charge is 0.260 e. The van der Waals surface area contributed by atoms with E-state index in [1.165, 1.54) is 17.4 Å². The summed E-state index contributed by atoms with van der Waals surface area (Å²) in [5.74, 6) is 1.09. The first-order valence-electron chi connectivity index (χ1n) is 14.9. The van der Waals surface area contributed by atoms with Gasteiger partial charge in [-0.2, -0.15) is 9.29 Å². The lowest BCUT2D eigenvalue weighted by atomic mass is 10.1. The van der Waals surface area contributed by atoms with Gasteiger partial charge in [0.15, 0.2) is 0 Å². The van der Waals surface area contributed by atoms with Crippen LogP contribution < -0.4 is 24.7 Å². The molecular weight excluding hydrogens is 617 g/mol. The van der Waals surface area contributed by atoms with E-state index < -0.39 is 20.0 Å². The summed E-state index contributed by atoms with van der Waals surface area (Å²) in [5, 5.41) is 0. The molecule has 15 heteroatoms. The van der Waals surface area contributed by atoms with Crippen LogP contribution in [0.15, 0.2) is 53.4 Å². The van der Waals surface area contributed by atoms with Crippen molar-refractivity contribution in [2.24, 2.45) is 5.73 Å². The molecule has 2 aromatic carbocycles. The lowest BCUT2D eigenvalue weighted by molar-refractivity contribution is 0.0990. The van der Waals surface area contributed by atoms with Crippen LogP contribution in [-0.4, -0.2) is 102 Å². The van der Waals surface area contributed by atoms with E-state index in [4.69, 9.17) is 10.7 Å². The summed E-state index contributed by atoms with van der Waals surface area (Å²) in [7, 11) is -5.96. The number of hydrogen-bond acceptors (Lipinski definition) is 10. The molecule has 6 rings (SSSR count). The van der Waals surface area contributed by atoms with Crippen LogP contribution in [0.25, 0.3) is 0 Å². The highest BCUT2D eigenvalue weighted by molar-refractivity contribution is 7.92. The van der Waals surface area contributed by atoms with Crippen molar-refractivity contribution in [3.8, 4) is 0 Å². The Hall–Kier alpha value is -3.79. The third kappa shape index (κ3) is 6.09. The molecule has 0 bridgehead atoms. The van der Waals surface area contributed by atoms with Gasteiger partial charge in [0, 0.05) is 76.4 Å². The molecule has 3 aliphatic rings. The summed E-state index contributed by atoms with van der Waals surface area (Å²) in [6, 6.07) is 13.5. The fourth-order valence-corrected chi connectivity index (χ4v) is 8.11. The predicted octanol–water partition coefficient (Wildman–Crippen LogP) is 1.43. The second-order valence-electron chi connectivity index (χ2n) is 11.8. The van der Waals surface area contributed by atoms with E-state index in [9.17, 15) is 21.6 Å². The number of piperazine rings is 1. The standard InChI is InChI=1S/C30H38N8O5S2/c1-21-18-28(36-12-11-23(31)20-36)33-30(32-21)35-14-16-37(17-15-35)45(42,43)24-8-9-26-22(19-24)10-13-38(26)29(39)25-6-4-5-7-27(25)34(2)44(3,40)41/h4-9,18-19,23H,10-17,20,31H2,1-3H3/t23-/m1/s1. The van der Waals surface area contributed by atoms with Crippen molar-refractivity contribution in [2.45, 2.75) is 30.7 Å². The summed E-state index contributed by atoms with van der Waals surface area (Å²) in [6.45, 7) is 5.38. The Morgan fingerprint density at radius 2 is 1.67 bits per heavy atom. The molecule has 0 saturated carbocycles. The molecular formula is C30H38N8O5S2. The van der Waals surface area contributed by atoms with E-state index in [-0.39, 0.29) is 41.2 Å². The number of rotatable bonds is 7. The number of fused-ring (bicyclic) bond motifs is 1. The molecule has 13 nitrogen and oxygen atoms in total. The van der Waals surface area contributed by atoms with Gasteiger partial charge >= 0.3 is 0 Å². The molecule has 4 heterocycles. The van der Waals surface area contributed by atoms with E-state index in [2.05, 4.69) is 9.88 Å². The van der Waals surface area contributed by atoms with E-state index in [1.807, 2.05) is 17.9 Å². The van der Waals surface area contributed by atoms with Crippen molar-refractivity contribution in [3.63, 3.8) is 0 Å². The molecule has 3 aliphatic heterocycles. The maximum atomic E-state index is 13.7. The molecule has 240 valence electrons. The number of benzene rings is 2. The molecule has 0 radical (unpaired) electrons. The molecule has 2 saturated heterocycles. The lowest BCUT2D eigenvalue weighted by Gasteiger charge is -2.34. The van der Waals surface area contributed by atoms with Crippen LogP contribution in [-0.2, 0) is 26.5 Å². The number of nitrogens with two attached hydrogens (primary N) is 1. The van der Waals surface area contributed by atoms with E-state index in [0.717, 1.165) is 47.1 Å². The number of anilines is 4. The second-order valence-corrected chi connectivity index (χ2v) is 15.8. The van der Waals surface area contributed by atoms with Crippen LogP contribution in [0.2, 0.25) is 0 Å². The summed E-state index contributed by atoms with van der Waals surface area (Å²) in [5.41, 5.74) is 8.84. The van der Waals surface area contributed by atoms with E-state index in [0.29, 0.717) is 37.7 Å². The quantitative estimate of drug-likeness (QED) is 0.396. The number of carbonyl (C=O) groups is 1. The monoisotopic (exact) mass is 654 g/mol. The average molecular weight is 655 g/mol. The maximum Gasteiger partial charge on any atom is 0.260 e. The molecule has 45 heavy (non-hydrogen) atoms. The zero-order valence-corrected chi connectivity index (χ0v) is 27.3. The van der Waals surface area contributed by atoms with Gasteiger partial charge in [0.05, 0.1) is 22.4 Å². The molecule has 0 aliphatic carbocycles. The van der Waals surface area contributed by atoms with E-state index >= 15 is 0 Å². The van der Waals surface area contributed by atoms with Crippen molar-refractivity contribution >= 4 is 49.1 Å². The predicted molar refractivity (Wildman–Crippen MR) is 174 cm³/mol. The molecule has 0 unspecified atom stereocenters. The average Bonchev–Trinajstić information content (AvgIpc) is 3.65.